The molecule has 1 aromatic carbocycles. The number of sulfonamides is 1. The summed E-state index contributed by atoms with van der Waals surface area (Å²) in [5, 5.41) is 16.6. The molecule has 1 heterocycles. The predicted molar refractivity (Wildman–Crippen MR) is 105 cm³/mol. The quantitative estimate of drug-likeness (QED) is 0.441. The summed E-state index contributed by atoms with van der Waals surface area (Å²) in [6.45, 7) is 2.15. The van der Waals surface area contributed by atoms with Crippen LogP contribution in [0.3, 0.4) is 0 Å². The van der Waals surface area contributed by atoms with Crippen LogP contribution in [-0.2, 0) is 19.6 Å². The molecule has 2 atom stereocenters. The molecule has 4 N–H and O–H groups in total. The summed E-state index contributed by atoms with van der Waals surface area (Å²) in [5.41, 5.74) is 0. The lowest BCUT2D eigenvalue weighted by atomic mass is 10.2. The molecule has 11 heteroatoms. The van der Waals surface area contributed by atoms with Crippen LogP contribution >= 0.6 is 0 Å². The molecule has 1 fully saturated rings. The number of hydrogen-bond acceptors (Lipinski definition) is 5. The molecule has 0 aliphatic carbocycles. The lowest BCUT2D eigenvalue weighted by molar-refractivity contribution is -0.142. The Morgan fingerprint density at radius 3 is 2.52 bits per heavy atom. The standard InChI is InChI=1S/C18H26N4O6S/c1-2-10-19-18(26)20-12-14(17(24)25)21-16(23)15-9-6-11-22(15)29(27,28)13-7-4-3-5-8-13/h3-5,7-8,14-15H,2,6,9-12H2,1H3,(H,21,23)(H,24,25)(H2,19,20,26)/t14-,15-/m0/s1. The fourth-order valence-electron chi connectivity index (χ4n) is 2.98. The van der Waals surface area contributed by atoms with Gasteiger partial charge in [-0.25, -0.2) is 18.0 Å². The summed E-state index contributed by atoms with van der Waals surface area (Å²) < 4.78 is 26.8. The van der Waals surface area contributed by atoms with Crippen LogP contribution in [0.5, 0.6) is 0 Å². The van der Waals surface area contributed by atoms with Crippen LogP contribution in [-0.4, -0.2) is 67.5 Å². The van der Waals surface area contributed by atoms with Gasteiger partial charge in [-0.2, -0.15) is 4.31 Å². The van der Waals surface area contributed by atoms with Crippen molar-refractivity contribution in [2.45, 2.75) is 43.2 Å². The first-order valence-corrected chi connectivity index (χ1v) is 10.8. The smallest absolute Gasteiger partial charge is 0.328 e. The number of carboxylic acid groups (broad SMARTS) is 1. The van der Waals surface area contributed by atoms with Crippen molar-refractivity contribution >= 4 is 27.9 Å². The van der Waals surface area contributed by atoms with E-state index in [-0.39, 0.29) is 24.4 Å². The van der Waals surface area contributed by atoms with E-state index in [1.54, 1.807) is 18.2 Å². The van der Waals surface area contributed by atoms with E-state index in [0.717, 1.165) is 10.7 Å². The molecule has 1 saturated heterocycles. The van der Waals surface area contributed by atoms with E-state index >= 15 is 0 Å². The van der Waals surface area contributed by atoms with Gasteiger partial charge in [-0.15, -0.1) is 0 Å². The van der Waals surface area contributed by atoms with E-state index in [4.69, 9.17) is 0 Å². The zero-order chi connectivity index (χ0) is 21.4. The number of carboxylic acids is 1. The predicted octanol–water partition coefficient (Wildman–Crippen LogP) is 0.118. The topological polar surface area (TPSA) is 145 Å². The van der Waals surface area contributed by atoms with Crippen molar-refractivity contribution in [2.24, 2.45) is 0 Å². The van der Waals surface area contributed by atoms with Crippen LogP contribution in [0.25, 0.3) is 0 Å². The maximum absolute atomic E-state index is 12.8. The molecule has 0 bridgehead atoms. The van der Waals surface area contributed by atoms with Crippen molar-refractivity contribution in [2.75, 3.05) is 19.6 Å². The number of nitrogens with zero attached hydrogens (tertiary/aromatic N) is 1. The monoisotopic (exact) mass is 426 g/mol. The first-order valence-electron chi connectivity index (χ1n) is 9.39. The SMILES string of the molecule is CCCNC(=O)NC[C@H](NC(=O)[C@@H]1CCCN1S(=O)(=O)c1ccccc1)C(=O)O. The van der Waals surface area contributed by atoms with Gasteiger partial charge in [-0.1, -0.05) is 25.1 Å². The van der Waals surface area contributed by atoms with Crippen molar-refractivity contribution in [1.29, 1.82) is 0 Å². The van der Waals surface area contributed by atoms with Crippen molar-refractivity contribution < 1.29 is 27.9 Å². The van der Waals surface area contributed by atoms with E-state index in [2.05, 4.69) is 16.0 Å². The molecule has 10 nitrogen and oxygen atoms in total. The number of urea groups is 1. The number of carbonyl (C=O) groups is 3. The number of benzene rings is 1. The van der Waals surface area contributed by atoms with Gasteiger partial charge in [0.1, 0.15) is 12.1 Å². The number of aliphatic carboxylic acids is 1. The minimum absolute atomic E-state index is 0.0729. The third-order valence-electron chi connectivity index (χ3n) is 4.47. The van der Waals surface area contributed by atoms with Gasteiger partial charge in [-0.05, 0) is 31.4 Å². The molecule has 0 radical (unpaired) electrons. The molecule has 0 spiro atoms. The van der Waals surface area contributed by atoms with Crippen molar-refractivity contribution in [3.63, 3.8) is 0 Å². The minimum atomic E-state index is -3.88. The molecule has 0 saturated carbocycles. The van der Waals surface area contributed by atoms with Crippen molar-refractivity contribution in [3.8, 4) is 0 Å². The molecule has 0 unspecified atom stereocenters. The van der Waals surface area contributed by atoms with E-state index in [1.807, 2.05) is 6.92 Å². The molecule has 1 aliphatic rings. The third kappa shape index (κ3) is 5.91. The molecule has 1 aliphatic heterocycles. The summed E-state index contributed by atoms with van der Waals surface area (Å²) >= 11 is 0. The summed E-state index contributed by atoms with van der Waals surface area (Å²) in [4.78, 5) is 35.8. The van der Waals surface area contributed by atoms with Crippen LogP contribution in [0.2, 0.25) is 0 Å². The van der Waals surface area contributed by atoms with Gasteiger partial charge in [-0.3, -0.25) is 4.79 Å². The van der Waals surface area contributed by atoms with Gasteiger partial charge < -0.3 is 21.1 Å². The van der Waals surface area contributed by atoms with Crippen molar-refractivity contribution in [3.05, 3.63) is 30.3 Å². The van der Waals surface area contributed by atoms with Gasteiger partial charge in [0.15, 0.2) is 0 Å². The number of carbonyl (C=O) groups excluding carboxylic acids is 2. The molecule has 2 rings (SSSR count). The molecular weight excluding hydrogens is 400 g/mol. The van der Waals surface area contributed by atoms with Gasteiger partial charge in [0.05, 0.1) is 11.4 Å². The first kappa shape index (κ1) is 22.6. The number of nitrogens with one attached hydrogen (secondary N) is 3. The Morgan fingerprint density at radius 1 is 1.21 bits per heavy atom. The second kappa shape index (κ2) is 10.2. The van der Waals surface area contributed by atoms with Gasteiger partial charge >= 0.3 is 12.0 Å². The summed E-state index contributed by atoms with van der Waals surface area (Å²) in [5.74, 6) is -2.03. The lowest BCUT2D eigenvalue weighted by Gasteiger charge is -2.25. The van der Waals surface area contributed by atoms with E-state index < -0.39 is 40.0 Å². The minimum Gasteiger partial charge on any atom is -0.480 e. The maximum Gasteiger partial charge on any atom is 0.328 e. The Morgan fingerprint density at radius 2 is 1.90 bits per heavy atom. The zero-order valence-corrected chi connectivity index (χ0v) is 16.9. The van der Waals surface area contributed by atoms with Crippen molar-refractivity contribution in [1.82, 2.24) is 20.3 Å². The summed E-state index contributed by atoms with van der Waals surface area (Å²) in [6.07, 6.45) is 1.49. The van der Waals surface area contributed by atoms with E-state index in [9.17, 15) is 27.9 Å². The van der Waals surface area contributed by atoms with Crippen LogP contribution in [0, 0.1) is 0 Å². The van der Waals surface area contributed by atoms with Crippen LogP contribution in [0.1, 0.15) is 26.2 Å². The average molecular weight is 426 g/mol. The second-order valence-corrected chi connectivity index (χ2v) is 8.51. The molecule has 1 aromatic rings. The molecule has 160 valence electrons. The average Bonchev–Trinajstić information content (AvgIpc) is 3.20. The highest BCUT2D eigenvalue weighted by Crippen LogP contribution is 2.26. The Balaban J connectivity index is 2.05. The Kier molecular flexibility index (Phi) is 7.97. The fraction of sp³-hybridized carbons (Fsp3) is 0.500. The Bertz CT molecular complexity index is 830. The normalized spacial score (nSPS) is 18.0. The zero-order valence-electron chi connectivity index (χ0n) is 16.1. The molecule has 0 aromatic heterocycles. The van der Waals surface area contributed by atoms with E-state index in [1.165, 1.54) is 12.1 Å². The van der Waals surface area contributed by atoms with Crippen LogP contribution < -0.4 is 16.0 Å². The Hall–Kier alpha value is -2.66. The number of hydrogen-bond donors (Lipinski definition) is 4. The highest BCUT2D eigenvalue weighted by atomic mass is 32.2. The van der Waals surface area contributed by atoms with Crippen LogP contribution in [0.15, 0.2) is 35.2 Å². The molecular formula is C18H26N4O6S. The Labute approximate surface area is 169 Å². The lowest BCUT2D eigenvalue weighted by Crippen LogP contribution is -2.54. The number of rotatable bonds is 9. The maximum atomic E-state index is 12.8. The highest BCUT2D eigenvalue weighted by molar-refractivity contribution is 7.89. The van der Waals surface area contributed by atoms with Crippen LogP contribution in [0.4, 0.5) is 4.79 Å². The number of amides is 3. The fourth-order valence-corrected chi connectivity index (χ4v) is 4.66. The summed E-state index contributed by atoms with van der Waals surface area (Å²) in [7, 11) is -3.88. The largest absolute Gasteiger partial charge is 0.480 e. The first-order chi connectivity index (χ1) is 13.8. The third-order valence-corrected chi connectivity index (χ3v) is 6.40. The van der Waals surface area contributed by atoms with Gasteiger partial charge in [0.2, 0.25) is 15.9 Å². The summed E-state index contributed by atoms with van der Waals surface area (Å²) in [6, 6.07) is 4.84. The molecule has 29 heavy (non-hydrogen) atoms. The highest BCUT2D eigenvalue weighted by Gasteiger charge is 2.40. The van der Waals surface area contributed by atoms with E-state index in [0.29, 0.717) is 13.0 Å². The van der Waals surface area contributed by atoms with Gasteiger partial charge in [0.25, 0.3) is 0 Å². The molecule has 3 amide bonds. The second-order valence-electron chi connectivity index (χ2n) is 6.62. The van der Waals surface area contributed by atoms with Gasteiger partial charge in [0, 0.05) is 13.1 Å².